The number of carboxylic acid groups (broad SMARTS) is 1. The summed E-state index contributed by atoms with van der Waals surface area (Å²) < 4.78 is 0. The van der Waals surface area contributed by atoms with Crippen molar-refractivity contribution in [3.8, 4) is 0 Å². The van der Waals surface area contributed by atoms with Crippen molar-refractivity contribution in [1.82, 2.24) is 15.2 Å². The Labute approximate surface area is 96.1 Å². The van der Waals surface area contributed by atoms with E-state index in [1.54, 1.807) is 13.8 Å². The van der Waals surface area contributed by atoms with E-state index in [2.05, 4.69) is 10.4 Å². The molecule has 1 aromatic rings. The Kier molecular flexibility index (Phi) is 3.66. The van der Waals surface area contributed by atoms with Crippen LogP contribution in [0, 0.1) is 0 Å². The second-order valence-electron chi connectivity index (χ2n) is 3.57. The van der Waals surface area contributed by atoms with Crippen molar-refractivity contribution in [2.45, 2.75) is 32.2 Å². The molecular weight excluding hydrogens is 228 g/mol. The van der Waals surface area contributed by atoms with Crippen LogP contribution in [0.15, 0.2) is 9.59 Å². The van der Waals surface area contributed by atoms with E-state index in [9.17, 15) is 14.4 Å². The Balaban J connectivity index is 3.14. The third kappa shape index (κ3) is 2.52. The van der Waals surface area contributed by atoms with Crippen molar-refractivity contribution in [2.75, 3.05) is 5.32 Å². The highest BCUT2D eigenvalue weighted by atomic mass is 16.4. The van der Waals surface area contributed by atoms with Gasteiger partial charge in [-0.25, -0.2) is 14.7 Å². The minimum absolute atomic E-state index is 0.212. The van der Waals surface area contributed by atoms with Gasteiger partial charge in [-0.1, -0.05) is 13.8 Å². The normalized spacial score (nSPS) is 11.2. The summed E-state index contributed by atoms with van der Waals surface area (Å²) >= 11 is 0. The minimum Gasteiger partial charge on any atom is -0.480 e. The van der Waals surface area contributed by atoms with Crippen molar-refractivity contribution in [3.63, 3.8) is 0 Å². The number of aromatic amines is 2. The lowest BCUT2D eigenvalue weighted by atomic mass is 9.93. The van der Waals surface area contributed by atoms with Crippen LogP contribution in [0.1, 0.15) is 26.7 Å². The number of rotatable bonds is 5. The molecular formula is C9H14N4O4. The third-order valence-corrected chi connectivity index (χ3v) is 2.69. The van der Waals surface area contributed by atoms with Gasteiger partial charge in [-0.05, 0) is 12.8 Å². The zero-order valence-corrected chi connectivity index (χ0v) is 9.53. The predicted octanol–water partition coefficient (Wildman–Crippen LogP) is -0.486. The number of H-pyrrole nitrogens is 2. The number of anilines is 1. The van der Waals surface area contributed by atoms with Gasteiger partial charge < -0.3 is 10.4 Å². The van der Waals surface area contributed by atoms with Crippen LogP contribution in [0.2, 0.25) is 0 Å². The second kappa shape index (κ2) is 4.81. The summed E-state index contributed by atoms with van der Waals surface area (Å²) in [6.07, 6.45) is 0.554. The second-order valence-corrected chi connectivity index (χ2v) is 3.57. The van der Waals surface area contributed by atoms with Gasteiger partial charge in [0.05, 0.1) is 0 Å². The fourth-order valence-electron chi connectivity index (χ4n) is 1.44. The fourth-order valence-corrected chi connectivity index (χ4v) is 1.44. The van der Waals surface area contributed by atoms with Crippen LogP contribution in [0.4, 0.5) is 5.82 Å². The minimum atomic E-state index is -1.27. The Hall–Kier alpha value is -2.12. The summed E-state index contributed by atoms with van der Waals surface area (Å²) in [5.41, 5.74) is -2.76. The molecule has 0 aromatic carbocycles. The molecule has 8 heteroatoms. The number of carbonyl (C=O) groups is 1. The maximum absolute atomic E-state index is 11.4. The number of hydrogen-bond donors (Lipinski definition) is 4. The summed E-state index contributed by atoms with van der Waals surface area (Å²) in [4.78, 5) is 35.3. The van der Waals surface area contributed by atoms with Gasteiger partial charge in [0.1, 0.15) is 5.54 Å². The fraction of sp³-hybridized carbons (Fsp3) is 0.556. The quantitative estimate of drug-likeness (QED) is 0.551. The Morgan fingerprint density at radius 2 is 2.00 bits per heavy atom. The van der Waals surface area contributed by atoms with Gasteiger partial charge in [0.15, 0.2) is 0 Å². The summed E-state index contributed by atoms with van der Waals surface area (Å²) in [6, 6.07) is 0. The summed E-state index contributed by atoms with van der Waals surface area (Å²) in [5, 5.41) is 17.2. The number of nitrogens with one attached hydrogen (secondary N) is 3. The smallest absolute Gasteiger partial charge is 0.342 e. The van der Waals surface area contributed by atoms with Crippen LogP contribution in [0.3, 0.4) is 0 Å². The van der Waals surface area contributed by atoms with E-state index in [4.69, 9.17) is 5.11 Å². The number of carboxylic acids is 1. The summed E-state index contributed by atoms with van der Waals surface area (Å²) in [7, 11) is 0. The zero-order valence-electron chi connectivity index (χ0n) is 9.53. The molecule has 0 aliphatic heterocycles. The van der Waals surface area contributed by atoms with E-state index < -0.39 is 22.8 Å². The molecule has 94 valence electrons. The molecule has 17 heavy (non-hydrogen) atoms. The molecule has 0 bridgehead atoms. The van der Waals surface area contributed by atoms with E-state index in [1.165, 1.54) is 0 Å². The molecule has 0 spiro atoms. The molecule has 8 nitrogen and oxygen atoms in total. The zero-order chi connectivity index (χ0) is 13.1. The number of nitrogens with zero attached hydrogens (tertiary/aromatic N) is 1. The lowest BCUT2D eigenvalue weighted by Crippen LogP contribution is -2.47. The molecule has 0 aliphatic carbocycles. The average molecular weight is 242 g/mol. The van der Waals surface area contributed by atoms with Crippen LogP contribution >= 0.6 is 0 Å². The van der Waals surface area contributed by atoms with E-state index in [0.29, 0.717) is 0 Å². The van der Waals surface area contributed by atoms with Gasteiger partial charge in [-0.2, -0.15) is 0 Å². The van der Waals surface area contributed by atoms with Gasteiger partial charge in [0, 0.05) is 0 Å². The predicted molar refractivity (Wildman–Crippen MR) is 60.0 cm³/mol. The average Bonchev–Trinajstić information content (AvgIpc) is 2.28. The molecule has 0 saturated carbocycles. The number of hydrogen-bond acceptors (Lipinski definition) is 5. The first-order valence-corrected chi connectivity index (χ1v) is 5.15. The molecule has 0 atom stereocenters. The molecule has 0 amide bonds. The van der Waals surface area contributed by atoms with Crippen molar-refractivity contribution < 1.29 is 9.90 Å². The first kappa shape index (κ1) is 12.9. The Morgan fingerprint density at radius 1 is 1.41 bits per heavy atom. The van der Waals surface area contributed by atoms with Crippen molar-refractivity contribution >= 4 is 11.8 Å². The molecule has 1 heterocycles. The topological polar surface area (TPSA) is 128 Å². The summed E-state index contributed by atoms with van der Waals surface area (Å²) in [5.74, 6) is -1.29. The molecule has 0 radical (unpaired) electrons. The highest BCUT2D eigenvalue weighted by molar-refractivity contribution is 5.82. The number of aliphatic carboxylic acids is 1. The molecule has 0 aliphatic rings. The van der Waals surface area contributed by atoms with Gasteiger partial charge in [0.25, 0.3) is 5.56 Å². The highest BCUT2D eigenvalue weighted by Crippen LogP contribution is 2.19. The van der Waals surface area contributed by atoms with E-state index in [0.717, 1.165) is 0 Å². The first-order valence-electron chi connectivity index (χ1n) is 5.15. The van der Waals surface area contributed by atoms with Crippen LogP contribution in [0.5, 0.6) is 0 Å². The van der Waals surface area contributed by atoms with Crippen LogP contribution < -0.4 is 16.6 Å². The Morgan fingerprint density at radius 3 is 2.41 bits per heavy atom. The summed E-state index contributed by atoms with van der Waals surface area (Å²) in [6.45, 7) is 3.37. The van der Waals surface area contributed by atoms with Crippen molar-refractivity contribution in [3.05, 3.63) is 20.8 Å². The Bertz CT molecular complexity index is 514. The van der Waals surface area contributed by atoms with Crippen LogP contribution in [-0.2, 0) is 4.79 Å². The molecule has 1 aromatic heterocycles. The molecule has 4 N–H and O–H groups in total. The molecule has 1 rings (SSSR count). The van der Waals surface area contributed by atoms with Gasteiger partial charge in [-0.15, -0.1) is 5.10 Å². The molecule has 0 saturated heterocycles. The van der Waals surface area contributed by atoms with E-state index >= 15 is 0 Å². The molecule has 0 fully saturated rings. The lowest BCUT2D eigenvalue weighted by molar-refractivity contribution is -0.142. The lowest BCUT2D eigenvalue weighted by Gasteiger charge is -2.27. The maximum Gasteiger partial charge on any atom is 0.342 e. The monoisotopic (exact) mass is 242 g/mol. The van der Waals surface area contributed by atoms with Crippen molar-refractivity contribution in [2.24, 2.45) is 0 Å². The number of aromatic nitrogens is 3. The van der Waals surface area contributed by atoms with E-state index in [1.807, 2.05) is 10.1 Å². The van der Waals surface area contributed by atoms with Crippen LogP contribution in [-0.4, -0.2) is 31.8 Å². The van der Waals surface area contributed by atoms with Crippen LogP contribution in [0.25, 0.3) is 0 Å². The van der Waals surface area contributed by atoms with Gasteiger partial charge >= 0.3 is 11.7 Å². The van der Waals surface area contributed by atoms with E-state index in [-0.39, 0.29) is 18.7 Å². The van der Waals surface area contributed by atoms with Gasteiger partial charge in [-0.3, -0.25) is 9.78 Å². The van der Waals surface area contributed by atoms with Crippen molar-refractivity contribution in [1.29, 1.82) is 0 Å². The highest BCUT2D eigenvalue weighted by Gasteiger charge is 2.35. The maximum atomic E-state index is 11.4. The van der Waals surface area contributed by atoms with Gasteiger partial charge in [0.2, 0.25) is 5.82 Å². The molecule has 0 unspecified atom stereocenters. The first-order chi connectivity index (χ1) is 7.95. The SMILES string of the molecule is CCC(CC)(Nc1n[nH]c(=O)[nH]c1=O)C(=O)O. The largest absolute Gasteiger partial charge is 0.480 e. The standard InChI is InChI=1S/C9H14N4O4/c1-3-9(4-2,7(15)16)11-5-6(14)10-8(17)13-12-5/h3-4H2,1-2H3,(H,11,12)(H,15,16)(H2,10,13,14,17). The third-order valence-electron chi connectivity index (χ3n) is 2.69.